The van der Waals surface area contributed by atoms with Gasteiger partial charge in [-0.2, -0.15) is 9.67 Å². The predicted molar refractivity (Wildman–Crippen MR) is 68.6 cm³/mol. The fourth-order valence-corrected chi connectivity index (χ4v) is 1.98. The molecule has 0 aliphatic rings. The molecule has 0 atom stereocenters. The van der Waals surface area contributed by atoms with E-state index >= 15 is 0 Å². The second kappa shape index (κ2) is 5.91. The number of nitrogens with zero attached hydrogens (tertiary/aromatic N) is 5. The number of hydrogen-bond acceptors (Lipinski definition) is 6. The van der Waals surface area contributed by atoms with Crippen molar-refractivity contribution < 1.29 is 9.45 Å². The quantitative estimate of drug-likeness (QED) is 0.595. The van der Waals surface area contributed by atoms with Gasteiger partial charge in [-0.1, -0.05) is 18.5 Å². The van der Waals surface area contributed by atoms with E-state index < -0.39 is 4.92 Å². The summed E-state index contributed by atoms with van der Waals surface area (Å²) in [5.74, 6) is 0.805. The van der Waals surface area contributed by atoms with Gasteiger partial charge < -0.3 is 14.6 Å². The standard InChI is InChI=1S/C10H12BrN5O3/c1-2-3-4-8-12-9(19-14-8)6-15-5-7(11)10(13-15)16(17)18/h5H,2-4,6H2,1H3. The molecule has 9 heteroatoms. The summed E-state index contributed by atoms with van der Waals surface area (Å²) in [6, 6.07) is 0. The van der Waals surface area contributed by atoms with Crippen molar-refractivity contribution in [3.8, 4) is 0 Å². The van der Waals surface area contributed by atoms with Crippen LogP contribution in [0.2, 0.25) is 0 Å². The van der Waals surface area contributed by atoms with Gasteiger partial charge in [0.2, 0.25) is 5.89 Å². The number of nitro groups is 1. The van der Waals surface area contributed by atoms with Crippen LogP contribution in [0.1, 0.15) is 31.5 Å². The van der Waals surface area contributed by atoms with Crippen molar-refractivity contribution in [2.45, 2.75) is 32.7 Å². The lowest BCUT2D eigenvalue weighted by Gasteiger charge is -1.89. The third-order valence-electron chi connectivity index (χ3n) is 2.43. The normalized spacial score (nSPS) is 10.8. The van der Waals surface area contributed by atoms with Gasteiger partial charge >= 0.3 is 5.82 Å². The topological polar surface area (TPSA) is 99.9 Å². The van der Waals surface area contributed by atoms with Crippen LogP contribution < -0.4 is 0 Å². The zero-order valence-corrected chi connectivity index (χ0v) is 11.8. The van der Waals surface area contributed by atoms with E-state index in [2.05, 4.69) is 38.1 Å². The second-order valence-corrected chi connectivity index (χ2v) is 4.82. The van der Waals surface area contributed by atoms with Crippen LogP contribution in [0, 0.1) is 10.1 Å². The van der Waals surface area contributed by atoms with Gasteiger partial charge in [-0.25, -0.2) is 0 Å². The third-order valence-corrected chi connectivity index (χ3v) is 2.99. The highest BCUT2D eigenvalue weighted by atomic mass is 79.9. The Hall–Kier alpha value is -1.77. The van der Waals surface area contributed by atoms with Crippen LogP contribution in [0.4, 0.5) is 5.82 Å². The largest absolute Gasteiger partial charge is 0.404 e. The van der Waals surface area contributed by atoms with Gasteiger partial charge in [-0.3, -0.25) is 0 Å². The molecule has 0 unspecified atom stereocenters. The van der Waals surface area contributed by atoms with Crippen LogP contribution in [0.15, 0.2) is 15.2 Å². The first kappa shape index (κ1) is 13.7. The van der Waals surface area contributed by atoms with Gasteiger partial charge in [0, 0.05) is 6.42 Å². The summed E-state index contributed by atoms with van der Waals surface area (Å²) < 4.78 is 6.78. The Morgan fingerprint density at radius 3 is 3.00 bits per heavy atom. The van der Waals surface area contributed by atoms with Crippen LogP contribution in [0.25, 0.3) is 0 Å². The molecular formula is C10H12BrN5O3. The molecule has 0 radical (unpaired) electrons. The van der Waals surface area contributed by atoms with E-state index in [1.54, 1.807) is 0 Å². The number of aromatic nitrogens is 4. The lowest BCUT2D eigenvalue weighted by molar-refractivity contribution is -0.390. The van der Waals surface area contributed by atoms with E-state index in [4.69, 9.17) is 4.52 Å². The molecule has 0 fully saturated rings. The van der Waals surface area contributed by atoms with Crippen molar-refractivity contribution in [2.75, 3.05) is 0 Å². The summed E-state index contributed by atoms with van der Waals surface area (Å²) >= 11 is 3.08. The van der Waals surface area contributed by atoms with Gasteiger partial charge in [0.15, 0.2) is 5.82 Å². The molecule has 102 valence electrons. The monoisotopic (exact) mass is 329 g/mol. The highest BCUT2D eigenvalue weighted by Crippen LogP contribution is 2.22. The lowest BCUT2D eigenvalue weighted by Crippen LogP contribution is -2.01. The number of aryl methyl sites for hydroxylation is 1. The summed E-state index contributed by atoms with van der Waals surface area (Å²) in [4.78, 5) is 14.3. The molecular weight excluding hydrogens is 318 g/mol. The van der Waals surface area contributed by atoms with Crippen molar-refractivity contribution in [1.82, 2.24) is 19.9 Å². The van der Waals surface area contributed by atoms with Crippen molar-refractivity contribution >= 4 is 21.7 Å². The van der Waals surface area contributed by atoms with E-state index in [0.29, 0.717) is 16.2 Å². The Kier molecular flexibility index (Phi) is 4.25. The summed E-state index contributed by atoms with van der Waals surface area (Å²) in [7, 11) is 0. The van der Waals surface area contributed by atoms with Gasteiger partial charge in [0.05, 0.1) is 11.3 Å². The fraction of sp³-hybridized carbons (Fsp3) is 0.500. The maximum absolute atomic E-state index is 10.7. The summed E-state index contributed by atoms with van der Waals surface area (Å²) in [5, 5.41) is 18.3. The Labute approximate surface area is 117 Å². The number of halogens is 1. The highest BCUT2D eigenvalue weighted by molar-refractivity contribution is 9.10. The van der Waals surface area contributed by atoms with E-state index in [1.165, 1.54) is 10.9 Å². The van der Waals surface area contributed by atoms with Crippen molar-refractivity contribution in [1.29, 1.82) is 0 Å². The Morgan fingerprint density at radius 2 is 2.37 bits per heavy atom. The zero-order valence-electron chi connectivity index (χ0n) is 10.2. The highest BCUT2D eigenvalue weighted by Gasteiger charge is 2.19. The smallest absolute Gasteiger partial charge is 0.358 e. The minimum Gasteiger partial charge on any atom is -0.358 e. The molecule has 0 aromatic carbocycles. The Balaban J connectivity index is 2.06. The second-order valence-electron chi connectivity index (χ2n) is 3.96. The van der Waals surface area contributed by atoms with E-state index in [1.807, 2.05) is 0 Å². The average molecular weight is 330 g/mol. The zero-order chi connectivity index (χ0) is 13.8. The lowest BCUT2D eigenvalue weighted by atomic mass is 10.2. The van der Waals surface area contributed by atoms with E-state index in [-0.39, 0.29) is 12.4 Å². The summed E-state index contributed by atoms with van der Waals surface area (Å²) in [6.45, 7) is 2.30. The predicted octanol–water partition coefficient (Wildman–Crippen LogP) is 2.33. The molecule has 0 spiro atoms. The van der Waals surface area contributed by atoms with Crippen molar-refractivity contribution in [3.05, 3.63) is 32.5 Å². The first-order valence-corrected chi connectivity index (χ1v) is 6.58. The van der Waals surface area contributed by atoms with Crippen LogP contribution in [0.3, 0.4) is 0 Å². The Morgan fingerprint density at radius 1 is 1.58 bits per heavy atom. The van der Waals surface area contributed by atoms with Crippen LogP contribution in [0.5, 0.6) is 0 Å². The SMILES string of the molecule is CCCCc1noc(Cn2cc(Br)c([N+](=O)[O-])n2)n1. The van der Waals surface area contributed by atoms with Gasteiger partial charge in [-0.05, 0) is 27.3 Å². The summed E-state index contributed by atoms with van der Waals surface area (Å²) in [5.41, 5.74) is 0. The molecule has 0 amide bonds. The molecule has 2 aromatic heterocycles. The fourth-order valence-electron chi connectivity index (χ4n) is 1.52. The van der Waals surface area contributed by atoms with Crippen molar-refractivity contribution in [3.63, 3.8) is 0 Å². The van der Waals surface area contributed by atoms with Gasteiger partial charge in [0.25, 0.3) is 0 Å². The third kappa shape index (κ3) is 3.37. The maximum atomic E-state index is 10.7. The minimum atomic E-state index is -0.554. The average Bonchev–Trinajstić information content (AvgIpc) is 2.94. The molecule has 2 aromatic rings. The Bertz CT molecular complexity index is 579. The maximum Gasteiger partial charge on any atom is 0.404 e. The van der Waals surface area contributed by atoms with Crippen molar-refractivity contribution in [2.24, 2.45) is 0 Å². The van der Waals surface area contributed by atoms with E-state index in [9.17, 15) is 10.1 Å². The molecule has 0 aliphatic carbocycles. The molecule has 8 nitrogen and oxygen atoms in total. The molecule has 2 rings (SSSR count). The summed E-state index contributed by atoms with van der Waals surface area (Å²) in [6.07, 6.45) is 4.33. The number of unbranched alkanes of at least 4 members (excludes halogenated alkanes) is 1. The van der Waals surface area contributed by atoms with E-state index in [0.717, 1.165) is 19.3 Å². The van der Waals surface area contributed by atoms with Crippen LogP contribution in [-0.2, 0) is 13.0 Å². The molecule has 0 saturated carbocycles. The number of rotatable bonds is 6. The van der Waals surface area contributed by atoms with Crippen LogP contribution in [-0.4, -0.2) is 24.8 Å². The molecule has 2 heterocycles. The molecule has 0 N–H and O–H groups in total. The molecule has 0 bridgehead atoms. The van der Waals surface area contributed by atoms with Gasteiger partial charge in [-0.15, -0.1) is 0 Å². The molecule has 0 aliphatic heterocycles. The van der Waals surface area contributed by atoms with Gasteiger partial charge in [0.1, 0.15) is 11.0 Å². The minimum absolute atomic E-state index is 0.214. The molecule has 0 saturated heterocycles. The van der Waals surface area contributed by atoms with Crippen LogP contribution >= 0.6 is 15.9 Å². The number of hydrogen-bond donors (Lipinski definition) is 0. The molecule has 19 heavy (non-hydrogen) atoms. The first-order chi connectivity index (χ1) is 9.10. The first-order valence-electron chi connectivity index (χ1n) is 5.79.